The van der Waals surface area contributed by atoms with Gasteiger partial charge in [0.15, 0.2) is 0 Å². The summed E-state index contributed by atoms with van der Waals surface area (Å²) in [5, 5.41) is 22.3. The molecular weight excluding hydrogens is 689 g/mol. The Balaban J connectivity index is 0.00000361. The first kappa shape index (κ1) is 29.0. The Labute approximate surface area is 251 Å². The number of amides is 1. The topological polar surface area (TPSA) is 124 Å². The van der Waals surface area contributed by atoms with Gasteiger partial charge in [0, 0.05) is 56.7 Å². The van der Waals surface area contributed by atoms with E-state index in [1.54, 1.807) is 0 Å². The van der Waals surface area contributed by atoms with Crippen molar-refractivity contribution in [2.24, 2.45) is 5.73 Å². The Morgan fingerprint density at radius 3 is 2.75 bits per heavy atom. The number of para-hydroxylation sites is 1. The van der Waals surface area contributed by atoms with Crippen LogP contribution in [0.15, 0.2) is 67.0 Å². The number of aliphatic hydroxyl groups excluding tert-OH is 1. The molecule has 1 aliphatic heterocycles. The van der Waals surface area contributed by atoms with Crippen molar-refractivity contribution in [2.45, 2.75) is 50.2 Å². The van der Waals surface area contributed by atoms with E-state index >= 15 is 0 Å². The first-order valence-corrected chi connectivity index (χ1v) is 12.7. The van der Waals surface area contributed by atoms with Crippen molar-refractivity contribution in [1.82, 2.24) is 15.6 Å². The summed E-state index contributed by atoms with van der Waals surface area (Å²) >= 11 is 1.44. The summed E-state index contributed by atoms with van der Waals surface area (Å²) in [6.45, 7) is 5.21. The normalized spacial score (nSPS) is 18.8. The van der Waals surface area contributed by atoms with E-state index in [0.717, 1.165) is 15.8 Å². The molecular formula is C26H32AcN5O3S-. The van der Waals surface area contributed by atoms with Crippen molar-refractivity contribution < 1.29 is 58.7 Å². The summed E-state index contributed by atoms with van der Waals surface area (Å²) in [6, 6.07) is 16.7. The van der Waals surface area contributed by atoms with E-state index in [1.165, 1.54) is 11.3 Å². The molecule has 0 aliphatic carbocycles. The fraction of sp³-hybridized carbons (Fsp3) is 0.385. The molecule has 4 atom stereocenters. The number of nitrogens with zero attached hydrogens (tertiary/aromatic N) is 2. The number of hydrogen-bond donors (Lipinski definition) is 4. The second-order valence-electron chi connectivity index (χ2n) is 8.71. The van der Waals surface area contributed by atoms with Gasteiger partial charge in [0.2, 0.25) is 5.91 Å². The number of benzene rings is 2. The summed E-state index contributed by atoms with van der Waals surface area (Å²) in [4.78, 5) is 17.7. The number of carbonyl (C=O) groups excluding carboxylic acids is 1. The van der Waals surface area contributed by atoms with Gasteiger partial charge in [-0.05, 0) is 37.0 Å². The zero-order valence-corrected chi connectivity index (χ0v) is 25.7. The quantitative estimate of drug-likeness (QED) is 0.213. The van der Waals surface area contributed by atoms with E-state index in [0.29, 0.717) is 49.8 Å². The Morgan fingerprint density at radius 1 is 1.25 bits per heavy atom. The second-order valence-corrected chi connectivity index (χ2v) is 9.77. The molecule has 1 radical (unpaired) electrons. The molecule has 0 saturated carbocycles. The van der Waals surface area contributed by atoms with Crippen LogP contribution in [0.25, 0.3) is 15.5 Å². The number of aromatic nitrogens is 1. The smallest absolute Gasteiger partial charge is 0.202 e. The molecule has 2 heterocycles. The van der Waals surface area contributed by atoms with Crippen LogP contribution in [-0.4, -0.2) is 47.3 Å². The van der Waals surface area contributed by atoms with Gasteiger partial charge in [0.05, 0.1) is 28.7 Å². The van der Waals surface area contributed by atoms with Gasteiger partial charge >= 0.3 is 0 Å². The molecule has 1 saturated heterocycles. The predicted octanol–water partition coefficient (Wildman–Crippen LogP) is 3.35. The SMILES string of the molecule is C=C(N)NCCC[C@H](NC(=O)[C@@H]1C[C@@H](OCc2ccccc2)C[N-]1)C(O)c1nc2ccccc2s1.[Ac]. The fourth-order valence-electron chi connectivity index (χ4n) is 4.09. The van der Waals surface area contributed by atoms with Gasteiger partial charge in [-0.15, -0.1) is 17.9 Å². The molecule has 1 aliphatic rings. The maximum atomic E-state index is 13.1. The molecule has 0 bridgehead atoms. The van der Waals surface area contributed by atoms with Gasteiger partial charge in [0.1, 0.15) is 11.1 Å². The number of ether oxygens (including phenoxy) is 1. The molecule has 0 spiro atoms. The minimum Gasteiger partial charge on any atom is -0.650 e. The summed E-state index contributed by atoms with van der Waals surface area (Å²) in [5.74, 6) is 0.195. The van der Waals surface area contributed by atoms with Crippen molar-refractivity contribution >= 4 is 27.5 Å². The Kier molecular flexibility index (Phi) is 11.6. The monoisotopic (exact) mass is 721 g/mol. The molecule has 1 fully saturated rings. The van der Waals surface area contributed by atoms with Gasteiger partial charge < -0.3 is 31.5 Å². The zero-order valence-electron chi connectivity index (χ0n) is 20.2. The third kappa shape index (κ3) is 8.24. The van der Waals surface area contributed by atoms with E-state index in [2.05, 4.69) is 27.5 Å². The van der Waals surface area contributed by atoms with Crippen LogP contribution in [0.3, 0.4) is 0 Å². The van der Waals surface area contributed by atoms with Crippen LogP contribution in [0.2, 0.25) is 0 Å². The molecule has 3 aromatic rings. The van der Waals surface area contributed by atoms with Crippen LogP contribution in [-0.2, 0) is 16.1 Å². The zero-order chi connectivity index (χ0) is 24.6. The van der Waals surface area contributed by atoms with Crippen LogP contribution >= 0.6 is 11.3 Å². The molecule has 5 N–H and O–H groups in total. The average molecular weight is 722 g/mol. The number of thiazole rings is 1. The number of nitrogens with one attached hydrogen (secondary N) is 2. The van der Waals surface area contributed by atoms with Crippen molar-refractivity contribution in [1.29, 1.82) is 0 Å². The van der Waals surface area contributed by atoms with Crippen LogP contribution in [0.5, 0.6) is 0 Å². The summed E-state index contributed by atoms with van der Waals surface area (Å²) in [6.07, 6.45) is 0.733. The molecule has 1 aromatic heterocycles. The van der Waals surface area contributed by atoms with Gasteiger partial charge in [-0.25, -0.2) is 4.98 Å². The van der Waals surface area contributed by atoms with Crippen molar-refractivity contribution in [3.05, 3.63) is 82.9 Å². The van der Waals surface area contributed by atoms with Crippen molar-refractivity contribution in [3.63, 3.8) is 0 Å². The van der Waals surface area contributed by atoms with Crippen LogP contribution < -0.4 is 16.4 Å². The molecule has 8 nitrogen and oxygen atoms in total. The minimum absolute atomic E-state index is 0. The van der Waals surface area contributed by atoms with Gasteiger partial charge in [-0.2, -0.15) is 0 Å². The Hall–Kier alpha value is -1.54. The van der Waals surface area contributed by atoms with Crippen molar-refractivity contribution in [2.75, 3.05) is 13.1 Å². The largest absolute Gasteiger partial charge is 0.650 e. The predicted molar refractivity (Wildman–Crippen MR) is 139 cm³/mol. The number of fused-ring (bicyclic) bond motifs is 1. The number of rotatable bonds is 12. The van der Waals surface area contributed by atoms with Crippen LogP contribution in [0, 0.1) is 44.1 Å². The molecule has 189 valence electrons. The molecule has 2 aromatic carbocycles. The molecule has 1 amide bonds. The Bertz CT molecular complexity index is 1100. The maximum absolute atomic E-state index is 13.1. The number of carbonyl (C=O) groups is 1. The minimum atomic E-state index is -0.927. The third-order valence-corrected chi connectivity index (χ3v) is 7.07. The van der Waals surface area contributed by atoms with Gasteiger partial charge in [-0.3, -0.25) is 4.79 Å². The summed E-state index contributed by atoms with van der Waals surface area (Å²) < 4.78 is 6.96. The molecule has 10 heteroatoms. The molecule has 1 unspecified atom stereocenters. The van der Waals surface area contributed by atoms with E-state index in [-0.39, 0.29) is 56.1 Å². The van der Waals surface area contributed by atoms with Gasteiger partial charge in [-0.1, -0.05) is 55.1 Å². The fourth-order valence-corrected chi connectivity index (χ4v) is 5.11. The molecule has 4 rings (SSSR count). The first-order chi connectivity index (χ1) is 17.0. The summed E-state index contributed by atoms with van der Waals surface area (Å²) in [7, 11) is 0. The third-order valence-electron chi connectivity index (χ3n) is 5.96. The number of hydrogen-bond acceptors (Lipinski definition) is 7. The average Bonchev–Trinajstić information content (AvgIpc) is 3.52. The van der Waals surface area contributed by atoms with Crippen molar-refractivity contribution in [3.8, 4) is 0 Å². The van der Waals surface area contributed by atoms with E-state index in [1.807, 2.05) is 54.6 Å². The van der Waals surface area contributed by atoms with Crippen LogP contribution in [0.1, 0.15) is 35.9 Å². The summed E-state index contributed by atoms with van der Waals surface area (Å²) in [5.41, 5.74) is 7.51. The molecule has 36 heavy (non-hydrogen) atoms. The van der Waals surface area contributed by atoms with Crippen LogP contribution in [0.4, 0.5) is 0 Å². The second kappa shape index (κ2) is 14.4. The number of nitrogens with two attached hydrogens (primary N) is 1. The van der Waals surface area contributed by atoms with Gasteiger partial charge in [0.25, 0.3) is 0 Å². The van der Waals surface area contributed by atoms with E-state index in [4.69, 9.17) is 10.5 Å². The van der Waals surface area contributed by atoms with E-state index < -0.39 is 18.2 Å². The maximum Gasteiger partial charge on any atom is 0.202 e. The number of aliphatic hydroxyl groups is 1. The first-order valence-electron chi connectivity index (χ1n) is 11.8. The standard InChI is InChI=1S/C26H32N5O3S.Ac/c1-17(27)28-13-7-11-21(24(32)26-31-20-10-5-6-12-23(20)35-26)30-25(33)22-14-19(15-29-22)34-16-18-8-3-2-4-9-18;/h2-6,8-10,12,19,21-22,24,28,32H,1,7,11,13-16,27H2,(H,30,33);/q-1;/t19-,21+,22+,24?;/m1./s1. The Morgan fingerprint density at radius 2 is 2.00 bits per heavy atom. The van der Waals surface area contributed by atoms with E-state index in [9.17, 15) is 9.90 Å².